The summed E-state index contributed by atoms with van der Waals surface area (Å²) in [7, 11) is 0. The van der Waals surface area contributed by atoms with E-state index >= 15 is 0 Å². The van der Waals surface area contributed by atoms with E-state index in [-0.39, 0.29) is 12.5 Å². The molecule has 1 aromatic rings. The Kier molecular flexibility index (Phi) is 6.51. The van der Waals surface area contributed by atoms with E-state index in [2.05, 4.69) is 5.32 Å². The van der Waals surface area contributed by atoms with E-state index in [9.17, 15) is 19.5 Å². The van der Waals surface area contributed by atoms with E-state index in [0.717, 1.165) is 0 Å². The molecule has 2 N–H and O–H groups in total. The van der Waals surface area contributed by atoms with Gasteiger partial charge in [0.25, 0.3) is 0 Å². The van der Waals surface area contributed by atoms with E-state index in [1.807, 2.05) is 12.1 Å². The van der Waals surface area contributed by atoms with Gasteiger partial charge in [-0.2, -0.15) is 4.48 Å². The average molecular weight is 375 g/mol. The van der Waals surface area contributed by atoms with Gasteiger partial charge in [-0.05, 0) is 39.7 Å². The van der Waals surface area contributed by atoms with Crippen LogP contribution in [-0.2, 0) is 19.1 Å². The van der Waals surface area contributed by atoms with Crippen LogP contribution < -0.4 is 9.80 Å². The van der Waals surface area contributed by atoms with Crippen LogP contribution in [0, 0.1) is 0 Å². The second kappa shape index (κ2) is 8.45. The Hall–Kier alpha value is -2.51. The number of esters is 1. The number of hydrogen-bond donors (Lipinski definition) is 2. The molecule has 2 atom stereocenters. The Balaban J connectivity index is 2.26. The second-order valence-electron chi connectivity index (χ2n) is 7.58. The van der Waals surface area contributed by atoms with Gasteiger partial charge in [0.2, 0.25) is 0 Å². The topological polar surface area (TPSA) is 92.7 Å². The van der Waals surface area contributed by atoms with E-state index in [0.29, 0.717) is 18.5 Å². The zero-order valence-electron chi connectivity index (χ0n) is 16.0. The predicted octanol–water partition coefficient (Wildman–Crippen LogP) is 2.21. The van der Waals surface area contributed by atoms with Crippen molar-refractivity contribution in [2.45, 2.75) is 45.3 Å². The largest absolute Gasteiger partial charge is 0.477 e. The molecule has 0 bridgehead atoms. The quantitative estimate of drug-likeness (QED) is 0.585. The van der Waals surface area contributed by atoms with Gasteiger partial charge >= 0.3 is 17.8 Å². The fraction of sp³-hybridized carbons (Fsp3) is 0.450. The molecule has 0 radical (unpaired) electrons. The molecule has 1 heterocycles. The van der Waals surface area contributed by atoms with Crippen LogP contribution in [0.25, 0.3) is 0 Å². The van der Waals surface area contributed by atoms with Crippen molar-refractivity contribution >= 4 is 23.5 Å². The maximum Gasteiger partial charge on any atom is 0.360 e. The molecular weight excluding hydrogens is 348 g/mol. The zero-order chi connectivity index (χ0) is 20.1. The Labute approximate surface area is 159 Å². The molecule has 2 unspecified atom stereocenters. The van der Waals surface area contributed by atoms with E-state index in [1.165, 1.54) is 0 Å². The first-order valence-corrected chi connectivity index (χ1v) is 8.96. The number of rotatable bonds is 6. The molecule has 0 spiro atoms. The van der Waals surface area contributed by atoms with Crippen LogP contribution in [0.1, 0.15) is 33.6 Å². The smallest absolute Gasteiger partial charge is 0.360 e. The monoisotopic (exact) mass is 375 g/mol. The summed E-state index contributed by atoms with van der Waals surface area (Å²) in [6.45, 7) is 4.81. The molecule has 146 valence electrons. The Morgan fingerprint density at radius 1 is 1.26 bits per heavy atom. The molecule has 1 amide bonds. The summed E-state index contributed by atoms with van der Waals surface area (Å²) in [4.78, 5) is 36.9. The van der Waals surface area contributed by atoms with Crippen LogP contribution in [0.15, 0.2) is 42.6 Å². The van der Waals surface area contributed by atoms with Gasteiger partial charge in [0.1, 0.15) is 23.5 Å². The highest BCUT2D eigenvalue weighted by molar-refractivity contribution is 5.97. The van der Waals surface area contributed by atoms with E-state index < -0.39 is 34.6 Å². The van der Waals surface area contributed by atoms with Gasteiger partial charge in [-0.3, -0.25) is 10.1 Å². The molecule has 0 aromatic heterocycles. The Morgan fingerprint density at radius 3 is 2.52 bits per heavy atom. The van der Waals surface area contributed by atoms with E-state index in [1.54, 1.807) is 51.2 Å². The minimum atomic E-state index is -1.08. The van der Waals surface area contributed by atoms with Crippen LogP contribution in [0.5, 0.6) is 0 Å². The van der Waals surface area contributed by atoms with Crippen molar-refractivity contribution < 1.29 is 24.2 Å². The van der Waals surface area contributed by atoms with Gasteiger partial charge in [0.05, 0.1) is 6.54 Å². The number of ether oxygens (including phenoxy) is 1. The van der Waals surface area contributed by atoms with Crippen LogP contribution in [-0.4, -0.2) is 47.7 Å². The molecule has 1 aromatic carbocycles. The highest BCUT2D eigenvalue weighted by Crippen LogP contribution is 2.28. The number of nitrogens with zero attached hydrogens (tertiary/aromatic N) is 1. The molecule has 7 nitrogen and oxygen atoms in total. The first-order chi connectivity index (χ1) is 12.6. The number of quaternary nitrogens is 1. The lowest BCUT2D eigenvalue weighted by atomic mass is 10.1. The average Bonchev–Trinajstić information content (AvgIpc) is 2.72. The molecule has 7 heteroatoms. The van der Waals surface area contributed by atoms with Crippen molar-refractivity contribution in [2.24, 2.45) is 0 Å². The Morgan fingerprint density at radius 2 is 1.93 bits per heavy atom. The number of nitrogens with one attached hydrogen (secondary N) is 1. The van der Waals surface area contributed by atoms with Crippen molar-refractivity contribution in [2.75, 3.05) is 13.1 Å². The third-order valence-electron chi connectivity index (χ3n) is 4.19. The first kappa shape index (κ1) is 20.8. The zero-order valence-corrected chi connectivity index (χ0v) is 16.0. The Bertz CT molecular complexity index is 724. The summed E-state index contributed by atoms with van der Waals surface area (Å²) in [6.07, 6.45) is 4.54. The molecule has 0 aliphatic carbocycles. The number of para-hydroxylation sites is 1. The van der Waals surface area contributed by atoms with Gasteiger partial charge in [0, 0.05) is 12.1 Å². The van der Waals surface area contributed by atoms with Crippen LogP contribution in [0.3, 0.4) is 0 Å². The van der Waals surface area contributed by atoms with Crippen molar-refractivity contribution in [3.05, 3.63) is 42.6 Å². The number of carbonyl (C=O) groups is 3. The van der Waals surface area contributed by atoms with E-state index in [4.69, 9.17) is 4.74 Å². The summed E-state index contributed by atoms with van der Waals surface area (Å²) in [5.41, 5.74) is -0.0341. The van der Waals surface area contributed by atoms with Crippen molar-refractivity contribution in [3.63, 3.8) is 0 Å². The lowest BCUT2D eigenvalue weighted by molar-refractivity contribution is -0.154. The number of carboxylic acids is 1. The first-order valence-electron chi connectivity index (χ1n) is 8.96. The molecule has 27 heavy (non-hydrogen) atoms. The highest BCUT2D eigenvalue weighted by atomic mass is 16.6. The summed E-state index contributed by atoms with van der Waals surface area (Å²) in [6, 6.07) is 8.17. The third kappa shape index (κ3) is 5.48. The van der Waals surface area contributed by atoms with Crippen LogP contribution in [0.4, 0.5) is 5.69 Å². The standard InChI is InChI=1S/C20H26N2O5/c1-20(2,3)27-18(25)13-21-16-11-7-8-12-22(19(16)26,14-17(23)24)15-9-5-4-6-10-15/h4-6,8-10,12,16,21H,7,11,13-14H2,1-3H3/p+1. The number of carboxylic acid groups (broad SMARTS) is 1. The number of hydrogen-bond acceptors (Lipinski definition) is 5. The van der Waals surface area contributed by atoms with Gasteiger partial charge in [-0.15, -0.1) is 0 Å². The molecule has 0 saturated carbocycles. The fourth-order valence-electron chi connectivity index (χ4n) is 3.11. The van der Waals surface area contributed by atoms with Crippen LogP contribution >= 0.6 is 0 Å². The van der Waals surface area contributed by atoms with Gasteiger partial charge < -0.3 is 9.84 Å². The number of benzene rings is 1. The third-order valence-corrected chi connectivity index (χ3v) is 4.19. The minimum Gasteiger partial charge on any atom is -0.477 e. The lowest BCUT2D eigenvalue weighted by Gasteiger charge is -2.32. The van der Waals surface area contributed by atoms with Crippen molar-refractivity contribution in [1.82, 2.24) is 9.80 Å². The summed E-state index contributed by atoms with van der Waals surface area (Å²) >= 11 is 0. The number of allylic oxidation sites excluding steroid dienone is 1. The highest BCUT2D eigenvalue weighted by Gasteiger charge is 2.45. The van der Waals surface area contributed by atoms with Crippen molar-refractivity contribution in [1.29, 1.82) is 0 Å². The predicted molar refractivity (Wildman–Crippen MR) is 102 cm³/mol. The van der Waals surface area contributed by atoms with Gasteiger partial charge in [-0.25, -0.2) is 9.59 Å². The maximum absolute atomic E-state index is 13.3. The number of aliphatic carboxylic acids is 1. The maximum atomic E-state index is 13.3. The second-order valence-corrected chi connectivity index (χ2v) is 7.58. The summed E-state index contributed by atoms with van der Waals surface area (Å²) < 4.78 is 4.84. The lowest BCUT2D eigenvalue weighted by Crippen LogP contribution is -2.59. The normalized spacial score (nSPS) is 22.9. The molecule has 0 fully saturated rings. The molecule has 2 rings (SSSR count). The molecule has 1 aliphatic rings. The summed E-state index contributed by atoms with van der Waals surface area (Å²) in [5.74, 6) is -1.84. The summed E-state index contributed by atoms with van der Waals surface area (Å²) in [5, 5.41) is 12.4. The minimum absolute atomic E-state index is 0.116. The van der Waals surface area contributed by atoms with Gasteiger partial charge in [-0.1, -0.05) is 18.2 Å². The van der Waals surface area contributed by atoms with Crippen LogP contribution in [0.2, 0.25) is 0 Å². The van der Waals surface area contributed by atoms with Crippen molar-refractivity contribution in [3.8, 4) is 0 Å². The number of carbonyl (C=O) groups excluding carboxylic acids is 2. The number of amides is 1. The molecular formula is C20H27N2O5+. The molecule has 0 saturated heterocycles. The fourth-order valence-corrected chi connectivity index (χ4v) is 3.11. The SMILES string of the molecule is CC(C)(C)OC(=O)CNC1CCC=C[N+](CC(=O)O)(c2ccccc2)C1=O. The van der Waals surface area contributed by atoms with Gasteiger partial charge in [0.15, 0.2) is 6.54 Å². The molecule has 1 aliphatic heterocycles.